The molecule has 0 aromatic heterocycles. The maximum Gasteiger partial charge on any atom is 0.166 e. The number of nitrogens with one attached hydrogen (secondary N) is 1. The van der Waals surface area contributed by atoms with Crippen molar-refractivity contribution in [1.29, 1.82) is 5.26 Å². The molecule has 0 unspecified atom stereocenters. The number of phenolic OH excluding ortho intramolecular Hbond substituents is 1. The van der Waals surface area contributed by atoms with Crippen molar-refractivity contribution in [3.05, 3.63) is 29.1 Å². The van der Waals surface area contributed by atoms with Crippen molar-refractivity contribution in [2.75, 3.05) is 26.2 Å². The number of nitrogens with zero attached hydrogens (tertiary/aromatic N) is 2. The van der Waals surface area contributed by atoms with Crippen molar-refractivity contribution in [1.82, 2.24) is 10.2 Å². The van der Waals surface area contributed by atoms with Crippen LogP contribution in [0.25, 0.3) is 0 Å². The maximum atomic E-state index is 14.0. The first kappa shape index (κ1) is 15.3. The van der Waals surface area contributed by atoms with Gasteiger partial charge < -0.3 is 10.4 Å². The van der Waals surface area contributed by atoms with Gasteiger partial charge in [-0.25, -0.2) is 4.39 Å². The van der Waals surface area contributed by atoms with E-state index in [-0.39, 0.29) is 17.4 Å². The molecule has 22 heavy (non-hydrogen) atoms. The smallest absolute Gasteiger partial charge is 0.166 e. The van der Waals surface area contributed by atoms with Crippen LogP contribution >= 0.6 is 0 Å². The lowest BCUT2D eigenvalue weighted by Gasteiger charge is -2.39. The summed E-state index contributed by atoms with van der Waals surface area (Å²) in [6.07, 6.45) is 4.59. The van der Waals surface area contributed by atoms with E-state index in [0.29, 0.717) is 11.5 Å². The van der Waals surface area contributed by atoms with Gasteiger partial charge in [-0.1, -0.05) is 12.8 Å². The minimum Gasteiger partial charge on any atom is -0.505 e. The van der Waals surface area contributed by atoms with E-state index >= 15 is 0 Å². The molecule has 1 saturated heterocycles. The van der Waals surface area contributed by atoms with Crippen LogP contribution in [0.3, 0.4) is 0 Å². The third kappa shape index (κ3) is 2.94. The second-order valence-electron chi connectivity index (χ2n) is 6.28. The van der Waals surface area contributed by atoms with Gasteiger partial charge in [0.2, 0.25) is 0 Å². The van der Waals surface area contributed by atoms with E-state index in [1.54, 1.807) is 6.07 Å². The first-order valence-electron chi connectivity index (χ1n) is 8.08. The number of hydrogen-bond donors (Lipinski definition) is 2. The predicted molar refractivity (Wildman–Crippen MR) is 81.9 cm³/mol. The zero-order valence-corrected chi connectivity index (χ0v) is 12.7. The molecule has 4 nitrogen and oxygen atoms in total. The highest BCUT2D eigenvalue weighted by molar-refractivity contribution is 5.44. The summed E-state index contributed by atoms with van der Waals surface area (Å²) >= 11 is 0. The van der Waals surface area contributed by atoms with Gasteiger partial charge in [-0.15, -0.1) is 0 Å². The largest absolute Gasteiger partial charge is 0.505 e. The summed E-state index contributed by atoms with van der Waals surface area (Å²) in [6, 6.07) is 4.79. The highest BCUT2D eigenvalue weighted by Crippen LogP contribution is 2.43. The number of nitriles is 1. The average Bonchev–Trinajstić information content (AvgIpc) is 3.06. The minimum atomic E-state index is -0.688. The summed E-state index contributed by atoms with van der Waals surface area (Å²) in [5, 5.41) is 22.7. The number of phenols is 1. The van der Waals surface area contributed by atoms with E-state index in [2.05, 4.69) is 10.2 Å². The lowest BCUT2D eigenvalue weighted by Crippen LogP contribution is -2.46. The minimum absolute atomic E-state index is 0.00685. The van der Waals surface area contributed by atoms with Gasteiger partial charge in [0, 0.05) is 37.8 Å². The van der Waals surface area contributed by atoms with E-state index in [1.807, 2.05) is 6.07 Å². The molecule has 0 spiro atoms. The Kier molecular flexibility index (Phi) is 4.60. The van der Waals surface area contributed by atoms with Crippen LogP contribution in [-0.2, 0) is 0 Å². The summed E-state index contributed by atoms with van der Waals surface area (Å²) in [5.74, 6) is -0.543. The molecule has 0 amide bonds. The molecule has 5 heteroatoms. The third-order valence-electron chi connectivity index (χ3n) is 4.93. The Balaban J connectivity index is 2.01. The summed E-state index contributed by atoms with van der Waals surface area (Å²) in [4.78, 5) is 2.34. The fraction of sp³-hybridized carbons (Fsp3) is 0.588. The quantitative estimate of drug-likeness (QED) is 0.901. The Morgan fingerprint density at radius 1 is 1.27 bits per heavy atom. The molecule has 1 aliphatic heterocycles. The molecule has 2 fully saturated rings. The molecule has 0 bridgehead atoms. The molecule has 1 aromatic rings. The average molecular weight is 303 g/mol. The standard InChI is InChI=1S/C17H22FN3O/c18-15-10-12(11-19)9-14(17(15)22)16(13-3-1-2-4-13)21-7-5-20-6-8-21/h9-10,13,16,20,22H,1-8H2/t16-/m1/s1. The van der Waals surface area contributed by atoms with Gasteiger partial charge in [-0.05, 0) is 30.9 Å². The molecule has 1 saturated carbocycles. The van der Waals surface area contributed by atoms with Crippen LogP contribution in [0.2, 0.25) is 0 Å². The van der Waals surface area contributed by atoms with Crippen LogP contribution in [0.5, 0.6) is 5.75 Å². The van der Waals surface area contributed by atoms with Gasteiger partial charge in [0.15, 0.2) is 11.6 Å². The predicted octanol–water partition coefficient (Wildman–Crippen LogP) is 2.54. The molecule has 2 aliphatic rings. The number of rotatable bonds is 3. The number of aromatic hydroxyl groups is 1. The van der Waals surface area contributed by atoms with Gasteiger partial charge in [-0.3, -0.25) is 4.90 Å². The second-order valence-corrected chi connectivity index (χ2v) is 6.28. The van der Waals surface area contributed by atoms with Crippen LogP contribution in [0.1, 0.15) is 42.9 Å². The topological polar surface area (TPSA) is 59.3 Å². The Bertz CT molecular complexity index is 572. The highest BCUT2D eigenvalue weighted by atomic mass is 19.1. The number of piperazine rings is 1. The van der Waals surface area contributed by atoms with Crippen LogP contribution in [0.15, 0.2) is 12.1 Å². The first-order chi connectivity index (χ1) is 10.7. The highest BCUT2D eigenvalue weighted by Gasteiger charge is 2.34. The Morgan fingerprint density at radius 2 is 1.95 bits per heavy atom. The van der Waals surface area contributed by atoms with E-state index in [4.69, 9.17) is 5.26 Å². The summed E-state index contributed by atoms with van der Waals surface area (Å²) in [5.41, 5.74) is 0.869. The number of halogens is 1. The summed E-state index contributed by atoms with van der Waals surface area (Å²) in [7, 11) is 0. The van der Waals surface area contributed by atoms with Crippen molar-refractivity contribution in [2.24, 2.45) is 5.92 Å². The molecule has 1 aromatic carbocycles. The van der Waals surface area contributed by atoms with Crippen molar-refractivity contribution >= 4 is 0 Å². The normalized spacial score (nSPS) is 21.6. The molecule has 0 radical (unpaired) electrons. The van der Waals surface area contributed by atoms with Crippen LogP contribution < -0.4 is 5.32 Å². The molecular formula is C17H22FN3O. The maximum absolute atomic E-state index is 14.0. The number of benzene rings is 1. The van der Waals surface area contributed by atoms with Crippen molar-refractivity contribution < 1.29 is 9.50 Å². The fourth-order valence-electron chi connectivity index (χ4n) is 3.89. The monoisotopic (exact) mass is 303 g/mol. The van der Waals surface area contributed by atoms with Gasteiger partial charge in [-0.2, -0.15) is 5.26 Å². The number of hydrogen-bond acceptors (Lipinski definition) is 4. The van der Waals surface area contributed by atoms with Gasteiger partial charge in [0.1, 0.15) is 0 Å². The molecule has 118 valence electrons. The molecule has 3 rings (SSSR count). The van der Waals surface area contributed by atoms with E-state index in [1.165, 1.54) is 12.8 Å². The molecule has 1 aliphatic carbocycles. The molecule has 2 N–H and O–H groups in total. The van der Waals surface area contributed by atoms with E-state index in [9.17, 15) is 9.50 Å². The van der Waals surface area contributed by atoms with Crippen molar-refractivity contribution in [3.63, 3.8) is 0 Å². The summed E-state index contributed by atoms with van der Waals surface area (Å²) < 4.78 is 14.0. The Labute approximate surface area is 130 Å². The molecular weight excluding hydrogens is 281 g/mol. The van der Waals surface area contributed by atoms with Crippen LogP contribution in [0.4, 0.5) is 4.39 Å². The lowest BCUT2D eigenvalue weighted by molar-refractivity contribution is 0.123. The Morgan fingerprint density at radius 3 is 2.59 bits per heavy atom. The summed E-state index contributed by atoms with van der Waals surface area (Å²) in [6.45, 7) is 3.59. The first-order valence-corrected chi connectivity index (χ1v) is 8.08. The van der Waals surface area contributed by atoms with Gasteiger partial charge in [0.05, 0.1) is 11.6 Å². The SMILES string of the molecule is N#Cc1cc(F)c(O)c([C@@H](C2CCCC2)N2CCNCC2)c1. The molecule has 1 heterocycles. The lowest BCUT2D eigenvalue weighted by atomic mass is 9.88. The van der Waals surface area contributed by atoms with E-state index < -0.39 is 5.82 Å². The zero-order chi connectivity index (χ0) is 15.5. The van der Waals surface area contributed by atoms with Crippen LogP contribution in [0, 0.1) is 23.1 Å². The van der Waals surface area contributed by atoms with E-state index in [0.717, 1.165) is 45.1 Å². The zero-order valence-electron chi connectivity index (χ0n) is 12.7. The third-order valence-corrected chi connectivity index (χ3v) is 4.93. The van der Waals surface area contributed by atoms with Gasteiger partial charge in [0.25, 0.3) is 0 Å². The Hall–Kier alpha value is -1.64. The van der Waals surface area contributed by atoms with Crippen molar-refractivity contribution in [2.45, 2.75) is 31.7 Å². The molecule has 1 atom stereocenters. The fourth-order valence-corrected chi connectivity index (χ4v) is 3.89. The van der Waals surface area contributed by atoms with Gasteiger partial charge >= 0.3 is 0 Å². The second kappa shape index (κ2) is 6.64. The van der Waals surface area contributed by atoms with Crippen LogP contribution in [-0.4, -0.2) is 36.2 Å². The van der Waals surface area contributed by atoms with Crippen molar-refractivity contribution in [3.8, 4) is 11.8 Å².